The molecule has 2 rings (SSSR count). The molecule has 0 aliphatic carbocycles. The highest BCUT2D eigenvalue weighted by molar-refractivity contribution is 5.95. The van der Waals surface area contributed by atoms with Crippen molar-refractivity contribution in [3.8, 4) is 0 Å². The number of fused-ring (bicyclic) bond motifs is 1. The van der Waals surface area contributed by atoms with E-state index >= 15 is 0 Å². The van der Waals surface area contributed by atoms with E-state index in [2.05, 4.69) is 0 Å². The van der Waals surface area contributed by atoms with Crippen molar-refractivity contribution in [3.63, 3.8) is 0 Å². The summed E-state index contributed by atoms with van der Waals surface area (Å²) in [6, 6.07) is 5.29. The quantitative estimate of drug-likeness (QED) is 0.806. The highest BCUT2D eigenvalue weighted by Gasteiger charge is 2.37. The van der Waals surface area contributed by atoms with Crippen LogP contribution < -0.4 is 5.73 Å². The predicted molar refractivity (Wildman–Crippen MR) is 66.8 cm³/mol. The first kappa shape index (κ1) is 13.5. The first-order chi connectivity index (χ1) is 8.71. The van der Waals surface area contributed by atoms with Crippen LogP contribution in [-0.2, 0) is 6.18 Å². The molecule has 0 aliphatic heterocycles. The van der Waals surface area contributed by atoms with Gasteiger partial charge in [-0.25, -0.2) is 0 Å². The molecule has 0 aliphatic rings. The van der Waals surface area contributed by atoms with Crippen molar-refractivity contribution in [1.29, 1.82) is 0 Å². The van der Waals surface area contributed by atoms with Crippen LogP contribution in [0.25, 0.3) is 10.9 Å². The summed E-state index contributed by atoms with van der Waals surface area (Å²) in [7, 11) is 0. The highest BCUT2D eigenvalue weighted by Crippen LogP contribution is 2.35. The maximum absolute atomic E-state index is 13.0. The summed E-state index contributed by atoms with van der Waals surface area (Å²) in [5, 5.41) is 0.307. The topological polar surface area (TPSA) is 48.0 Å². The fraction of sp³-hybridized carbons (Fsp3) is 0.308. The summed E-state index contributed by atoms with van der Waals surface area (Å²) in [5.74, 6) is -1.12. The number of nitrogens with two attached hydrogens (primary N) is 1. The molecule has 19 heavy (non-hydrogen) atoms. The molecule has 6 heteroatoms. The second-order valence-electron chi connectivity index (χ2n) is 4.67. The van der Waals surface area contributed by atoms with Gasteiger partial charge in [0.1, 0.15) is 5.69 Å². The van der Waals surface area contributed by atoms with Crippen molar-refractivity contribution >= 4 is 22.5 Å². The highest BCUT2D eigenvalue weighted by atomic mass is 19.4. The molecular formula is C13H13F3N2O. The molecule has 0 unspecified atom stereocenters. The fourth-order valence-corrected chi connectivity index (χ4v) is 1.94. The number of nitrogens with zero attached hydrogens (tertiary/aromatic N) is 1. The SMILES string of the molecule is CC(C)C(=O)n1c(C(F)(F)F)cc2cc(N)ccc21. The largest absolute Gasteiger partial charge is 0.431 e. The van der Waals surface area contributed by atoms with E-state index in [9.17, 15) is 18.0 Å². The minimum Gasteiger partial charge on any atom is -0.399 e. The number of anilines is 1. The first-order valence-corrected chi connectivity index (χ1v) is 5.74. The lowest BCUT2D eigenvalue weighted by Crippen LogP contribution is -2.23. The van der Waals surface area contributed by atoms with E-state index in [0.29, 0.717) is 11.1 Å². The standard InChI is InChI=1S/C13H13F3N2O/c1-7(2)12(19)18-10-4-3-9(17)5-8(10)6-11(18)13(14,15)16/h3-7H,17H2,1-2H3. The molecule has 1 heterocycles. The van der Waals surface area contributed by atoms with Crippen LogP contribution in [0.3, 0.4) is 0 Å². The average Bonchev–Trinajstić information content (AvgIpc) is 2.65. The normalized spacial score (nSPS) is 12.3. The molecule has 1 aromatic carbocycles. The second-order valence-corrected chi connectivity index (χ2v) is 4.67. The Hall–Kier alpha value is -1.98. The molecule has 0 radical (unpaired) electrons. The molecule has 2 aromatic rings. The molecule has 0 fully saturated rings. The Morgan fingerprint density at radius 2 is 1.89 bits per heavy atom. The van der Waals surface area contributed by atoms with Gasteiger partial charge in [0.25, 0.3) is 0 Å². The van der Waals surface area contributed by atoms with E-state index in [1.54, 1.807) is 13.8 Å². The third-order valence-corrected chi connectivity index (χ3v) is 2.83. The molecule has 0 saturated carbocycles. The molecule has 0 saturated heterocycles. The zero-order valence-corrected chi connectivity index (χ0v) is 10.5. The van der Waals surface area contributed by atoms with Gasteiger partial charge in [0, 0.05) is 17.0 Å². The number of carbonyl (C=O) groups is 1. The lowest BCUT2D eigenvalue weighted by Gasteiger charge is -2.13. The van der Waals surface area contributed by atoms with Gasteiger partial charge in [-0.1, -0.05) is 13.8 Å². The van der Waals surface area contributed by atoms with E-state index in [0.717, 1.165) is 10.6 Å². The Balaban J connectivity index is 2.80. The third kappa shape index (κ3) is 2.30. The molecule has 0 bridgehead atoms. The Bertz CT molecular complexity index is 641. The van der Waals surface area contributed by atoms with Crippen LogP contribution in [-0.4, -0.2) is 10.5 Å². The number of halogens is 3. The van der Waals surface area contributed by atoms with E-state index in [4.69, 9.17) is 5.73 Å². The van der Waals surface area contributed by atoms with Crippen LogP contribution in [0.1, 0.15) is 24.3 Å². The predicted octanol–water partition coefficient (Wildman–Crippen LogP) is 3.54. The van der Waals surface area contributed by atoms with E-state index in [-0.39, 0.29) is 5.52 Å². The van der Waals surface area contributed by atoms with Crippen molar-refractivity contribution < 1.29 is 18.0 Å². The summed E-state index contributed by atoms with van der Waals surface area (Å²) in [4.78, 5) is 12.0. The summed E-state index contributed by atoms with van der Waals surface area (Å²) in [6.45, 7) is 3.12. The molecule has 0 spiro atoms. The summed E-state index contributed by atoms with van der Waals surface area (Å²) in [6.07, 6.45) is -4.58. The molecule has 1 aromatic heterocycles. The zero-order chi connectivity index (χ0) is 14.4. The smallest absolute Gasteiger partial charge is 0.399 e. The molecule has 3 nitrogen and oxygen atoms in total. The Morgan fingerprint density at radius 1 is 1.26 bits per heavy atom. The van der Waals surface area contributed by atoms with Gasteiger partial charge in [-0.3, -0.25) is 9.36 Å². The van der Waals surface area contributed by atoms with Gasteiger partial charge in [-0.15, -0.1) is 0 Å². The summed E-state index contributed by atoms with van der Waals surface area (Å²) < 4.78 is 39.7. The summed E-state index contributed by atoms with van der Waals surface area (Å²) >= 11 is 0. The van der Waals surface area contributed by atoms with E-state index in [1.807, 2.05) is 0 Å². The van der Waals surface area contributed by atoms with Gasteiger partial charge in [0.15, 0.2) is 0 Å². The van der Waals surface area contributed by atoms with Crippen molar-refractivity contribution in [2.24, 2.45) is 5.92 Å². The number of carbonyl (C=O) groups excluding carboxylic acids is 1. The molecular weight excluding hydrogens is 257 g/mol. The Morgan fingerprint density at radius 3 is 2.42 bits per heavy atom. The lowest BCUT2D eigenvalue weighted by molar-refractivity contribution is -0.142. The van der Waals surface area contributed by atoms with Gasteiger partial charge in [0.2, 0.25) is 5.91 Å². The molecule has 102 valence electrons. The van der Waals surface area contributed by atoms with Crippen molar-refractivity contribution in [2.75, 3.05) is 5.73 Å². The molecule has 0 atom stereocenters. The van der Waals surface area contributed by atoms with Crippen molar-refractivity contribution in [3.05, 3.63) is 30.0 Å². The number of rotatable bonds is 1. The minimum atomic E-state index is -4.58. The number of aromatic nitrogens is 1. The average molecular weight is 270 g/mol. The van der Waals surface area contributed by atoms with Crippen LogP contribution in [0.15, 0.2) is 24.3 Å². The maximum Gasteiger partial charge on any atom is 0.431 e. The fourth-order valence-electron chi connectivity index (χ4n) is 1.94. The maximum atomic E-state index is 13.0. The lowest BCUT2D eigenvalue weighted by atomic mass is 10.2. The van der Waals surface area contributed by atoms with Crippen LogP contribution >= 0.6 is 0 Å². The second kappa shape index (κ2) is 4.29. The number of benzene rings is 1. The Kier molecular flexibility index (Phi) is 3.04. The van der Waals surface area contributed by atoms with Crippen LogP contribution in [0.4, 0.5) is 18.9 Å². The third-order valence-electron chi connectivity index (χ3n) is 2.83. The van der Waals surface area contributed by atoms with Crippen LogP contribution in [0.2, 0.25) is 0 Å². The number of nitrogen functional groups attached to an aromatic ring is 1. The van der Waals surface area contributed by atoms with Gasteiger partial charge < -0.3 is 5.73 Å². The van der Waals surface area contributed by atoms with Crippen molar-refractivity contribution in [1.82, 2.24) is 4.57 Å². The number of hydrogen-bond donors (Lipinski definition) is 1. The number of hydrogen-bond acceptors (Lipinski definition) is 2. The number of alkyl halides is 3. The van der Waals surface area contributed by atoms with Crippen molar-refractivity contribution in [2.45, 2.75) is 20.0 Å². The molecule has 0 amide bonds. The van der Waals surface area contributed by atoms with Gasteiger partial charge in [-0.2, -0.15) is 13.2 Å². The van der Waals surface area contributed by atoms with Gasteiger partial charge in [0.05, 0.1) is 5.52 Å². The zero-order valence-electron chi connectivity index (χ0n) is 10.5. The first-order valence-electron chi connectivity index (χ1n) is 5.74. The minimum absolute atomic E-state index is 0.222. The van der Waals surface area contributed by atoms with Crippen LogP contribution in [0.5, 0.6) is 0 Å². The monoisotopic (exact) mass is 270 g/mol. The van der Waals surface area contributed by atoms with Crippen LogP contribution in [0, 0.1) is 5.92 Å². The van der Waals surface area contributed by atoms with Gasteiger partial charge >= 0.3 is 6.18 Å². The Labute approximate surface area is 107 Å². The van der Waals surface area contributed by atoms with E-state index < -0.39 is 23.7 Å². The van der Waals surface area contributed by atoms with E-state index in [1.165, 1.54) is 18.2 Å². The van der Waals surface area contributed by atoms with Gasteiger partial charge in [-0.05, 0) is 24.3 Å². The summed E-state index contributed by atoms with van der Waals surface area (Å²) in [5.41, 5.74) is 5.17. The molecule has 2 N–H and O–H groups in total.